The van der Waals surface area contributed by atoms with Crippen LogP contribution >= 0.6 is 0 Å². The third-order valence-electron chi connectivity index (χ3n) is 3.05. The summed E-state index contributed by atoms with van der Waals surface area (Å²) >= 11 is 0. The van der Waals surface area contributed by atoms with Crippen molar-refractivity contribution in [2.75, 3.05) is 5.32 Å². The molecule has 0 atom stereocenters. The highest BCUT2D eigenvalue weighted by Gasteiger charge is 2.05. The standard InChI is InChI=1S/C15H17FN2O2S/c1-11-2-3-13(8-15(11)16)9-18-14-6-4-12(5-7-14)10-21(17,19)20/h2-8,18H,9-10H2,1H3,(H2,17,19,20). The molecule has 0 saturated heterocycles. The van der Waals surface area contributed by atoms with Crippen LogP contribution in [0.25, 0.3) is 0 Å². The van der Waals surface area contributed by atoms with Crippen LogP contribution in [0.2, 0.25) is 0 Å². The van der Waals surface area contributed by atoms with Crippen molar-refractivity contribution >= 4 is 15.7 Å². The molecule has 0 spiro atoms. The van der Waals surface area contributed by atoms with Crippen molar-refractivity contribution in [1.29, 1.82) is 0 Å². The van der Waals surface area contributed by atoms with Crippen molar-refractivity contribution in [3.8, 4) is 0 Å². The fourth-order valence-corrected chi connectivity index (χ4v) is 2.56. The van der Waals surface area contributed by atoms with Crippen molar-refractivity contribution in [2.45, 2.75) is 19.2 Å². The first kappa shape index (κ1) is 15.5. The first-order chi connectivity index (χ1) is 9.83. The van der Waals surface area contributed by atoms with E-state index in [-0.39, 0.29) is 11.6 Å². The Bertz CT molecular complexity index is 728. The minimum absolute atomic E-state index is 0.184. The van der Waals surface area contributed by atoms with Crippen molar-refractivity contribution in [2.24, 2.45) is 5.14 Å². The zero-order chi connectivity index (χ0) is 15.5. The van der Waals surface area contributed by atoms with Crippen molar-refractivity contribution < 1.29 is 12.8 Å². The Labute approximate surface area is 123 Å². The molecule has 0 heterocycles. The average Bonchev–Trinajstić information content (AvgIpc) is 2.40. The number of primary sulfonamides is 1. The molecule has 0 amide bonds. The molecule has 21 heavy (non-hydrogen) atoms. The maximum Gasteiger partial charge on any atom is 0.213 e. The van der Waals surface area contributed by atoms with Gasteiger partial charge in [-0.05, 0) is 41.8 Å². The third kappa shape index (κ3) is 4.84. The Morgan fingerprint density at radius 3 is 2.29 bits per heavy atom. The molecule has 3 N–H and O–H groups in total. The van der Waals surface area contributed by atoms with E-state index in [1.54, 1.807) is 37.3 Å². The molecule has 0 aromatic heterocycles. The van der Waals surface area contributed by atoms with E-state index in [9.17, 15) is 12.8 Å². The van der Waals surface area contributed by atoms with Crippen LogP contribution in [0.1, 0.15) is 16.7 Å². The van der Waals surface area contributed by atoms with Gasteiger partial charge in [0.25, 0.3) is 0 Å². The number of hydrogen-bond acceptors (Lipinski definition) is 3. The molecule has 112 valence electrons. The van der Waals surface area contributed by atoms with Gasteiger partial charge in [0.15, 0.2) is 0 Å². The number of benzene rings is 2. The normalized spacial score (nSPS) is 11.4. The lowest BCUT2D eigenvalue weighted by molar-refractivity contribution is 0.597. The summed E-state index contributed by atoms with van der Waals surface area (Å²) < 4.78 is 35.4. The Morgan fingerprint density at radius 1 is 1.10 bits per heavy atom. The molecule has 0 radical (unpaired) electrons. The van der Waals surface area contributed by atoms with E-state index in [4.69, 9.17) is 5.14 Å². The van der Waals surface area contributed by atoms with Crippen LogP contribution in [0.4, 0.5) is 10.1 Å². The van der Waals surface area contributed by atoms with E-state index in [1.807, 2.05) is 6.07 Å². The van der Waals surface area contributed by atoms with Crippen LogP contribution in [0.5, 0.6) is 0 Å². The Morgan fingerprint density at radius 2 is 1.71 bits per heavy atom. The van der Waals surface area contributed by atoms with Gasteiger partial charge < -0.3 is 5.32 Å². The van der Waals surface area contributed by atoms with E-state index < -0.39 is 10.0 Å². The van der Waals surface area contributed by atoms with Gasteiger partial charge in [-0.15, -0.1) is 0 Å². The van der Waals surface area contributed by atoms with E-state index in [0.717, 1.165) is 11.3 Å². The minimum atomic E-state index is -3.52. The van der Waals surface area contributed by atoms with E-state index in [0.29, 0.717) is 17.7 Å². The second-order valence-corrected chi connectivity index (χ2v) is 6.56. The Balaban J connectivity index is 1.99. The quantitative estimate of drug-likeness (QED) is 0.891. The molecule has 0 saturated carbocycles. The van der Waals surface area contributed by atoms with Gasteiger partial charge in [0, 0.05) is 12.2 Å². The zero-order valence-electron chi connectivity index (χ0n) is 11.6. The smallest absolute Gasteiger partial charge is 0.213 e. The van der Waals surface area contributed by atoms with Crippen LogP contribution in [0.15, 0.2) is 42.5 Å². The van der Waals surface area contributed by atoms with Crippen LogP contribution in [-0.4, -0.2) is 8.42 Å². The average molecular weight is 308 g/mol. The first-order valence-corrected chi connectivity index (χ1v) is 8.13. The lowest BCUT2D eigenvalue weighted by Gasteiger charge is -2.08. The SMILES string of the molecule is Cc1ccc(CNc2ccc(CS(N)(=O)=O)cc2)cc1F. The van der Waals surface area contributed by atoms with Gasteiger partial charge in [-0.2, -0.15) is 0 Å². The predicted octanol–water partition coefficient (Wildman–Crippen LogP) is 2.53. The van der Waals surface area contributed by atoms with Gasteiger partial charge in [-0.1, -0.05) is 24.3 Å². The topological polar surface area (TPSA) is 72.2 Å². The van der Waals surface area contributed by atoms with Gasteiger partial charge in [-0.25, -0.2) is 17.9 Å². The van der Waals surface area contributed by atoms with Crippen molar-refractivity contribution in [3.63, 3.8) is 0 Å². The number of rotatable bonds is 5. The molecule has 0 aliphatic carbocycles. The second kappa shape index (κ2) is 6.24. The summed E-state index contributed by atoms with van der Waals surface area (Å²) in [5, 5.41) is 8.14. The Hall–Kier alpha value is -1.92. The lowest BCUT2D eigenvalue weighted by atomic mass is 10.1. The number of halogens is 1. The van der Waals surface area contributed by atoms with Gasteiger partial charge in [0.05, 0.1) is 5.75 Å². The largest absolute Gasteiger partial charge is 0.381 e. The first-order valence-electron chi connectivity index (χ1n) is 6.42. The van der Waals surface area contributed by atoms with Crippen LogP contribution < -0.4 is 10.5 Å². The van der Waals surface area contributed by atoms with Gasteiger partial charge in [-0.3, -0.25) is 0 Å². The number of sulfonamides is 1. The van der Waals surface area contributed by atoms with E-state index >= 15 is 0 Å². The molecule has 2 aromatic rings. The highest BCUT2D eigenvalue weighted by molar-refractivity contribution is 7.88. The Kier molecular flexibility index (Phi) is 4.59. The second-order valence-electron chi connectivity index (χ2n) is 4.94. The van der Waals surface area contributed by atoms with Crippen LogP contribution in [0.3, 0.4) is 0 Å². The third-order valence-corrected chi connectivity index (χ3v) is 3.79. The number of nitrogens with one attached hydrogen (secondary N) is 1. The molecule has 2 aromatic carbocycles. The molecular formula is C15H17FN2O2S. The fraction of sp³-hybridized carbons (Fsp3) is 0.200. The van der Waals surface area contributed by atoms with Crippen molar-refractivity contribution in [3.05, 3.63) is 65.0 Å². The molecule has 0 aliphatic rings. The summed E-state index contributed by atoms with van der Waals surface area (Å²) in [7, 11) is -3.52. The molecule has 4 nitrogen and oxygen atoms in total. The number of hydrogen-bond donors (Lipinski definition) is 2. The molecule has 0 unspecified atom stereocenters. The molecular weight excluding hydrogens is 291 g/mol. The maximum atomic E-state index is 13.4. The summed E-state index contributed by atoms with van der Waals surface area (Å²) in [6.07, 6.45) is 0. The summed E-state index contributed by atoms with van der Waals surface area (Å²) in [5.41, 5.74) is 2.91. The lowest BCUT2D eigenvalue weighted by Crippen LogP contribution is -2.14. The molecule has 0 bridgehead atoms. The molecule has 6 heteroatoms. The van der Waals surface area contributed by atoms with Gasteiger partial charge in [0.2, 0.25) is 10.0 Å². The molecule has 0 fully saturated rings. The number of nitrogens with two attached hydrogens (primary N) is 1. The molecule has 2 rings (SSSR count). The molecule has 0 aliphatic heterocycles. The maximum absolute atomic E-state index is 13.4. The summed E-state index contributed by atoms with van der Waals surface area (Å²) in [6.45, 7) is 2.21. The van der Waals surface area contributed by atoms with Crippen LogP contribution in [-0.2, 0) is 22.3 Å². The fourth-order valence-electron chi connectivity index (χ4n) is 1.90. The predicted molar refractivity (Wildman–Crippen MR) is 81.7 cm³/mol. The summed E-state index contributed by atoms with van der Waals surface area (Å²) in [6, 6.07) is 12.0. The number of aryl methyl sites for hydroxylation is 1. The zero-order valence-corrected chi connectivity index (χ0v) is 12.5. The van der Waals surface area contributed by atoms with E-state index in [1.165, 1.54) is 6.07 Å². The van der Waals surface area contributed by atoms with Gasteiger partial charge in [0.1, 0.15) is 5.82 Å². The van der Waals surface area contributed by atoms with Crippen LogP contribution in [0, 0.1) is 12.7 Å². The summed E-state index contributed by atoms with van der Waals surface area (Å²) in [4.78, 5) is 0. The highest BCUT2D eigenvalue weighted by atomic mass is 32.2. The van der Waals surface area contributed by atoms with E-state index in [2.05, 4.69) is 5.32 Å². The summed E-state index contributed by atoms with van der Waals surface area (Å²) in [5.74, 6) is -0.408. The number of anilines is 1. The van der Waals surface area contributed by atoms with Crippen molar-refractivity contribution in [1.82, 2.24) is 0 Å². The monoisotopic (exact) mass is 308 g/mol. The van der Waals surface area contributed by atoms with Gasteiger partial charge >= 0.3 is 0 Å². The highest BCUT2D eigenvalue weighted by Crippen LogP contribution is 2.14. The minimum Gasteiger partial charge on any atom is -0.381 e.